The van der Waals surface area contributed by atoms with Gasteiger partial charge >= 0.3 is 0 Å². The summed E-state index contributed by atoms with van der Waals surface area (Å²) in [6, 6.07) is 15.4. The number of methoxy groups -OCH3 is 1. The number of pyridine rings is 2. The van der Waals surface area contributed by atoms with Crippen LogP contribution in [0.3, 0.4) is 0 Å². The molecule has 2 aromatic carbocycles. The highest BCUT2D eigenvalue weighted by Crippen LogP contribution is 2.43. The van der Waals surface area contributed by atoms with Crippen molar-refractivity contribution in [2.24, 2.45) is 7.05 Å². The van der Waals surface area contributed by atoms with E-state index in [0.29, 0.717) is 38.2 Å². The van der Waals surface area contributed by atoms with E-state index in [1.165, 1.54) is 15.8 Å². The van der Waals surface area contributed by atoms with E-state index in [2.05, 4.69) is 32.1 Å². The van der Waals surface area contributed by atoms with Gasteiger partial charge in [0.2, 0.25) is 11.8 Å². The Balaban J connectivity index is 0.000000322. The van der Waals surface area contributed by atoms with Gasteiger partial charge in [-0.1, -0.05) is 53.5 Å². The summed E-state index contributed by atoms with van der Waals surface area (Å²) in [5.41, 5.74) is 6.77. The Labute approximate surface area is 294 Å². The molecule has 5 aromatic rings. The number of benzene rings is 2. The molecule has 49 heavy (non-hydrogen) atoms. The molecule has 1 unspecified atom stereocenters. The van der Waals surface area contributed by atoms with Gasteiger partial charge in [0.25, 0.3) is 5.56 Å². The number of anilines is 2. The van der Waals surface area contributed by atoms with E-state index in [1.807, 2.05) is 49.4 Å². The van der Waals surface area contributed by atoms with Crippen LogP contribution < -0.4 is 26.2 Å². The maximum absolute atomic E-state index is 12.9. The maximum Gasteiger partial charge on any atom is 0.278 e. The van der Waals surface area contributed by atoms with Crippen LogP contribution in [0.25, 0.3) is 33.2 Å². The van der Waals surface area contributed by atoms with Gasteiger partial charge in [0, 0.05) is 53.3 Å². The number of rotatable bonds is 5. The van der Waals surface area contributed by atoms with Gasteiger partial charge in [-0.05, 0) is 69.3 Å². The van der Waals surface area contributed by atoms with Gasteiger partial charge in [-0.2, -0.15) is 5.10 Å². The lowest BCUT2D eigenvalue weighted by Crippen LogP contribution is -2.43. The fraction of sp³-hybridized carbons (Fsp3) is 0.324. The molecule has 0 radical (unpaired) electrons. The van der Waals surface area contributed by atoms with Crippen LogP contribution in [0.15, 0.2) is 59.5 Å². The van der Waals surface area contributed by atoms with Crippen LogP contribution in [0, 0.1) is 6.92 Å². The van der Waals surface area contributed by atoms with Crippen molar-refractivity contribution >= 4 is 51.4 Å². The summed E-state index contributed by atoms with van der Waals surface area (Å²) >= 11 is 14.0. The molecule has 8 rings (SSSR count). The Morgan fingerprint density at radius 1 is 0.959 bits per heavy atom. The minimum absolute atomic E-state index is 0.150. The number of halogens is 2. The van der Waals surface area contributed by atoms with Crippen molar-refractivity contribution in [1.82, 2.24) is 30.4 Å². The second-order valence-corrected chi connectivity index (χ2v) is 13.6. The van der Waals surface area contributed by atoms with E-state index in [0.717, 1.165) is 79.7 Å². The average Bonchev–Trinajstić information content (AvgIpc) is 3.85. The number of amides is 1. The molecule has 10 nitrogen and oxygen atoms in total. The third kappa shape index (κ3) is 6.36. The number of fused-ring (bicyclic) bond motifs is 2. The minimum Gasteiger partial charge on any atom is -0.481 e. The molecule has 3 aromatic heterocycles. The molecular weight excluding hydrogens is 661 g/mol. The summed E-state index contributed by atoms with van der Waals surface area (Å²) in [7, 11) is 3.26. The first-order valence-corrected chi connectivity index (χ1v) is 17.2. The van der Waals surface area contributed by atoms with Crippen molar-refractivity contribution in [1.29, 1.82) is 0 Å². The number of hydrogen-bond donors (Lipinski definition) is 3. The third-order valence-electron chi connectivity index (χ3n) is 9.60. The fourth-order valence-electron chi connectivity index (χ4n) is 7.07. The van der Waals surface area contributed by atoms with Gasteiger partial charge in [0.05, 0.1) is 45.7 Å². The van der Waals surface area contributed by atoms with Crippen molar-refractivity contribution in [2.75, 3.05) is 25.5 Å². The van der Waals surface area contributed by atoms with Crippen molar-refractivity contribution in [3.8, 4) is 28.3 Å². The first-order chi connectivity index (χ1) is 23.7. The van der Waals surface area contributed by atoms with Gasteiger partial charge in [0.15, 0.2) is 0 Å². The van der Waals surface area contributed by atoms with E-state index in [4.69, 9.17) is 32.9 Å². The molecule has 2 aliphatic heterocycles. The highest BCUT2D eigenvalue weighted by molar-refractivity contribution is 6.39. The Morgan fingerprint density at radius 2 is 1.73 bits per heavy atom. The number of nitrogens with one attached hydrogen (secondary N) is 3. The zero-order valence-electron chi connectivity index (χ0n) is 27.6. The van der Waals surface area contributed by atoms with E-state index >= 15 is 0 Å². The monoisotopic (exact) mass is 697 g/mol. The van der Waals surface area contributed by atoms with E-state index < -0.39 is 0 Å². The molecule has 1 amide bonds. The molecule has 2 saturated heterocycles. The second kappa shape index (κ2) is 13.4. The molecule has 12 heteroatoms. The third-order valence-corrected chi connectivity index (χ3v) is 10.4. The Morgan fingerprint density at radius 3 is 2.47 bits per heavy atom. The highest BCUT2D eigenvalue weighted by Gasteiger charge is 2.39. The van der Waals surface area contributed by atoms with Crippen LogP contribution in [-0.2, 0) is 24.7 Å². The van der Waals surface area contributed by atoms with Crippen LogP contribution in [0.2, 0.25) is 10.0 Å². The number of nitrogens with zero attached hydrogens (tertiary/aromatic N) is 4. The summed E-state index contributed by atoms with van der Waals surface area (Å²) in [6.07, 6.45) is 7.58. The predicted molar refractivity (Wildman–Crippen MR) is 194 cm³/mol. The molecule has 1 spiro atoms. The number of aromatic nitrogens is 4. The summed E-state index contributed by atoms with van der Waals surface area (Å²) in [4.78, 5) is 33.2. The maximum atomic E-state index is 12.9. The van der Waals surface area contributed by atoms with Crippen LogP contribution in [0.1, 0.15) is 42.5 Å². The highest BCUT2D eigenvalue weighted by atomic mass is 35.5. The molecule has 2 fully saturated rings. The molecule has 0 saturated carbocycles. The second-order valence-electron chi connectivity index (χ2n) is 12.9. The van der Waals surface area contributed by atoms with Crippen molar-refractivity contribution in [3.05, 3.63) is 91.9 Å². The molecular formula is C37H37Cl2N7O3. The minimum atomic E-state index is -0.247. The molecule has 0 bridgehead atoms. The molecule has 252 valence electrons. The van der Waals surface area contributed by atoms with Gasteiger partial charge in [-0.15, -0.1) is 0 Å². The quantitative estimate of drug-likeness (QED) is 0.189. The van der Waals surface area contributed by atoms with Gasteiger partial charge in [-0.3, -0.25) is 9.59 Å². The average molecular weight is 699 g/mol. The number of ether oxygens (including phenoxy) is 1. The molecule has 1 aliphatic carbocycles. The summed E-state index contributed by atoms with van der Waals surface area (Å²) in [5, 5.41) is 15.9. The first kappa shape index (κ1) is 33.0. The zero-order valence-corrected chi connectivity index (χ0v) is 29.1. The topological polar surface area (TPSA) is 123 Å². The normalized spacial score (nSPS) is 17.9. The number of aryl methyl sites for hydroxylation is 3. The van der Waals surface area contributed by atoms with Crippen molar-refractivity contribution < 1.29 is 9.53 Å². The van der Waals surface area contributed by atoms with Gasteiger partial charge < -0.3 is 20.7 Å². The number of carbonyl (C=O) groups is 1. The zero-order chi connectivity index (χ0) is 34.3. The molecule has 5 heterocycles. The summed E-state index contributed by atoms with van der Waals surface area (Å²) in [6.45, 7) is 3.90. The lowest BCUT2D eigenvalue weighted by Gasteiger charge is -2.20. The first-order valence-electron chi connectivity index (χ1n) is 16.4. The molecule has 3 N–H and O–H groups in total. The lowest BCUT2D eigenvalue weighted by atomic mass is 9.97. The van der Waals surface area contributed by atoms with Gasteiger partial charge in [-0.25, -0.2) is 14.6 Å². The van der Waals surface area contributed by atoms with Crippen LogP contribution in [0.5, 0.6) is 5.88 Å². The van der Waals surface area contributed by atoms with Gasteiger partial charge in [0.1, 0.15) is 5.82 Å². The summed E-state index contributed by atoms with van der Waals surface area (Å²) in [5.74, 6) is 1.30. The predicted octanol–water partition coefficient (Wildman–Crippen LogP) is 6.54. The largest absolute Gasteiger partial charge is 0.481 e. The Hall–Kier alpha value is -4.51. The number of carbonyl (C=O) groups excluding carboxylic acids is 1. The van der Waals surface area contributed by atoms with Crippen molar-refractivity contribution in [3.63, 3.8) is 0 Å². The SMILES string of the molecule is COc1nc(-c2cccc(-c3cccc(Nc4nc(C)cc5cnn(C)c(=O)c45)c3Cl)c2Cl)cc2c1CCC2.O=C1CCC2(CCNC2)N1. The van der Waals surface area contributed by atoms with E-state index in [1.54, 1.807) is 20.4 Å². The number of hydrogen-bond acceptors (Lipinski definition) is 8. The van der Waals surface area contributed by atoms with E-state index in [-0.39, 0.29) is 17.0 Å². The standard InChI is InChI=1S/C30H25Cl2N5O2.C7H12N2O/c1-16-13-18-15-33-37(2)30(38)25(18)28(34-16)35-23-12-6-10-21(27(23)32)20-9-5-11-22(26(20)31)24-14-17-7-4-8-19(17)29(36-24)39-3;10-6-1-2-7(9-6)3-4-8-5-7/h5-6,9-15H,4,7-8H2,1-3H3,(H,34,35);8H,1-5H2,(H,9,10). The molecule has 1 atom stereocenters. The van der Waals surface area contributed by atoms with Crippen LogP contribution >= 0.6 is 23.2 Å². The lowest BCUT2D eigenvalue weighted by molar-refractivity contribution is -0.119. The van der Waals surface area contributed by atoms with Crippen molar-refractivity contribution in [2.45, 2.75) is 51.0 Å². The summed E-state index contributed by atoms with van der Waals surface area (Å²) < 4.78 is 6.89. The fourth-order valence-corrected chi connectivity index (χ4v) is 7.67. The molecule has 3 aliphatic rings. The smallest absolute Gasteiger partial charge is 0.278 e. The Bertz CT molecular complexity index is 2160. The van der Waals surface area contributed by atoms with Crippen LogP contribution in [-0.4, -0.2) is 51.4 Å². The Kier molecular flexibility index (Phi) is 9.04. The van der Waals surface area contributed by atoms with Crippen LogP contribution in [0.4, 0.5) is 11.5 Å². The van der Waals surface area contributed by atoms with E-state index in [9.17, 15) is 9.59 Å².